The Labute approximate surface area is 170 Å². The lowest BCUT2D eigenvalue weighted by Crippen LogP contribution is -2.41. The number of hydrogen-bond acceptors (Lipinski definition) is 4. The van der Waals surface area contributed by atoms with Crippen molar-refractivity contribution < 1.29 is 13.9 Å². The van der Waals surface area contributed by atoms with Gasteiger partial charge in [0.05, 0.1) is 6.26 Å². The maximum Gasteiger partial charge on any atom is 0.251 e. The molecule has 0 atom stereocenters. The summed E-state index contributed by atoms with van der Waals surface area (Å²) in [6, 6.07) is 10.5. The van der Waals surface area contributed by atoms with Crippen molar-refractivity contribution in [2.24, 2.45) is 4.99 Å². The Bertz CT molecular complexity index is 718. The number of ether oxygens (including phenoxy) is 1. The van der Waals surface area contributed by atoms with Gasteiger partial charge in [0.2, 0.25) is 0 Å². The van der Waals surface area contributed by atoms with Crippen LogP contribution in [0.25, 0.3) is 0 Å². The van der Waals surface area contributed by atoms with Crippen LogP contribution >= 0.6 is 11.6 Å². The van der Waals surface area contributed by atoms with Crippen molar-refractivity contribution in [2.75, 3.05) is 32.8 Å². The predicted octanol–water partition coefficient (Wildman–Crippen LogP) is 2.82. The van der Waals surface area contributed by atoms with E-state index in [1.165, 1.54) is 0 Å². The topological polar surface area (TPSA) is 87.9 Å². The van der Waals surface area contributed by atoms with E-state index in [1.54, 1.807) is 30.5 Å². The highest BCUT2D eigenvalue weighted by Crippen LogP contribution is 2.09. The van der Waals surface area contributed by atoms with Gasteiger partial charge in [-0.2, -0.15) is 0 Å². The smallest absolute Gasteiger partial charge is 0.251 e. The molecule has 1 heterocycles. The summed E-state index contributed by atoms with van der Waals surface area (Å²) in [6.07, 6.45) is 2.44. The summed E-state index contributed by atoms with van der Waals surface area (Å²) in [5.41, 5.74) is 0.583. The van der Waals surface area contributed by atoms with Crippen LogP contribution < -0.4 is 16.0 Å². The third kappa shape index (κ3) is 8.45. The average Bonchev–Trinajstić information content (AvgIpc) is 3.21. The lowest BCUT2D eigenvalue weighted by Gasteiger charge is -2.12. The van der Waals surface area contributed by atoms with Gasteiger partial charge in [0.15, 0.2) is 5.96 Å². The molecular weight excluding hydrogens is 380 g/mol. The number of furan rings is 1. The van der Waals surface area contributed by atoms with Gasteiger partial charge in [-0.15, -0.1) is 0 Å². The molecule has 3 N–H and O–H groups in total. The third-order valence-electron chi connectivity index (χ3n) is 3.69. The van der Waals surface area contributed by atoms with Gasteiger partial charge >= 0.3 is 0 Å². The normalized spacial score (nSPS) is 11.3. The van der Waals surface area contributed by atoms with Crippen LogP contribution in [0.2, 0.25) is 5.02 Å². The maximum atomic E-state index is 12.0. The first-order valence-corrected chi connectivity index (χ1v) is 9.73. The summed E-state index contributed by atoms with van der Waals surface area (Å²) in [7, 11) is 0. The summed E-state index contributed by atoms with van der Waals surface area (Å²) in [4.78, 5) is 16.5. The number of guanidine groups is 1. The van der Waals surface area contributed by atoms with Crippen molar-refractivity contribution in [2.45, 2.75) is 20.0 Å². The second-order valence-corrected chi connectivity index (χ2v) is 6.37. The van der Waals surface area contributed by atoms with Gasteiger partial charge in [-0.1, -0.05) is 11.6 Å². The van der Waals surface area contributed by atoms with E-state index in [4.69, 9.17) is 20.8 Å². The number of hydrogen-bond donors (Lipinski definition) is 3. The van der Waals surface area contributed by atoms with Gasteiger partial charge in [0.1, 0.15) is 12.4 Å². The number of aliphatic imine (C=N–C) groups is 1. The Hall–Kier alpha value is -2.51. The third-order valence-corrected chi connectivity index (χ3v) is 3.95. The van der Waals surface area contributed by atoms with Crippen LogP contribution in [0, 0.1) is 0 Å². The molecule has 0 spiro atoms. The average molecular weight is 407 g/mol. The first-order valence-electron chi connectivity index (χ1n) is 9.35. The Morgan fingerprint density at radius 3 is 2.64 bits per heavy atom. The van der Waals surface area contributed by atoms with Crippen LogP contribution in [0.1, 0.15) is 29.5 Å². The number of carbonyl (C=O) groups excluding carboxylic acids is 1. The number of amides is 1. The molecule has 0 aliphatic rings. The second kappa shape index (κ2) is 12.8. The van der Waals surface area contributed by atoms with Crippen molar-refractivity contribution >= 4 is 23.5 Å². The van der Waals surface area contributed by atoms with Crippen molar-refractivity contribution in [3.8, 4) is 0 Å². The summed E-state index contributed by atoms with van der Waals surface area (Å²) in [5, 5.41) is 9.84. The minimum atomic E-state index is -0.130. The zero-order valence-corrected chi connectivity index (χ0v) is 16.8. The molecule has 0 saturated heterocycles. The lowest BCUT2D eigenvalue weighted by atomic mass is 10.2. The van der Waals surface area contributed by atoms with E-state index in [9.17, 15) is 4.79 Å². The van der Waals surface area contributed by atoms with Gasteiger partial charge in [0.25, 0.3) is 5.91 Å². The maximum absolute atomic E-state index is 12.0. The fourth-order valence-corrected chi connectivity index (χ4v) is 2.45. The van der Waals surface area contributed by atoms with E-state index in [1.807, 2.05) is 19.1 Å². The highest BCUT2D eigenvalue weighted by atomic mass is 35.5. The number of benzene rings is 1. The molecule has 2 aromatic rings. The fourth-order valence-electron chi connectivity index (χ4n) is 2.33. The van der Waals surface area contributed by atoms with E-state index in [0.717, 1.165) is 18.7 Å². The van der Waals surface area contributed by atoms with Crippen LogP contribution in [0.15, 0.2) is 52.1 Å². The molecule has 7 nitrogen and oxygen atoms in total. The van der Waals surface area contributed by atoms with Crippen LogP contribution in [0.5, 0.6) is 0 Å². The van der Waals surface area contributed by atoms with Crippen molar-refractivity contribution in [1.29, 1.82) is 0 Å². The molecule has 28 heavy (non-hydrogen) atoms. The molecule has 0 saturated carbocycles. The zero-order valence-electron chi connectivity index (χ0n) is 16.0. The molecule has 0 unspecified atom stereocenters. The molecule has 0 radical (unpaired) electrons. The number of nitrogens with zero attached hydrogens (tertiary/aromatic N) is 1. The molecule has 0 aliphatic heterocycles. The van der Waals surface area contributed by atoms with E-state index < -0.39 is 0 Å². The molecule has 1 aromatic carbocycles. The first-order chi connectivity index (χ1) is 13.7. The molecule has 2 rings (SSSR count). The molecule has 0 aliphatic carbocycles. The van der Waals surface area contributed by atoms with Gasteiger partial charge in [-0.3, -0.25) is 9.79 Å². The highest BCUT2D eigenvalue weighted by Gasteiger charge is 2.04. The van der Waals surface area contributed by atoms with Crippen LogP contribution in [-0.2, 0) is 11.3 Å². The quantitative estimate of drug-likeness (QED) is 0.303. The first kappa shape index (κ1) is 21.8. The van der Waals surface area contributed by atoms with Crippen LogP contribution in [-0.4, -0.2) is 44.7 Å². The minimum absolute atomic E-state index is 0.130. The standard InChI is InChI=1S/C20H27ClN4O3/c1-2-22-20(24-10-4-13-27-15-18-5-3-14-28-18)25-12-11-23-19(26)16-6-8-17(21)9-7-16/h3,5-9,14H,2,4,10-13,15H2,1H3,(H,23,26)(H2,22,24,25). The molecule has 152 valence electrons. The van der Waals surface area contributed by atoms with E-state index in [0.29, 0.717) is 49.4 Å². The number of rotatable bonds is 11. The Kier molecular flexibility index (Phi) is 9.96. The monoisotopic (exact) mass is 406 g/mol. The minimum Gasteiger partial charge on any atom is -0.467 e. The molecule has 0 bridgehead atoms. The number of nitrogens with one attached hydrogen (secondary N) is 3. The SMILES string of the molecule is CCNC(=NCCCOCc1ccco1)NCCNC(=O)c1ccc(Cl)cc1. The number of halogens is 1. The van der Waals surface area contributed by atoms with Crippen molar-refractivity contribution in [3.63, 3.8) is 0 Å². The summed E-state index contributed by atoms with van der Waals surface area (Å²) >= 11 is 5.83. The summed E-state index contributed by atoms with van der Waals surface area (Å²) in [5.74, 6) is 1.41. The zero-order chi connectivity index (χ0) is 20.0. The molecule has 8 heteroatoms. The summed E-state index contributed by atoms with van der Waals surface area (Å²) < 4.78 is 10.7. The van der Waals surface area contributed by atoms with Crippen molar-refractivity contribution in [1.82, 2.24) is 16.0 Å². The van der Waals surface area contributed by atoms with E-state index in [2.05, 4.69) is 20.9 Å². The number of carbonyl (C=O) groups is 1. The molecular formula is C20H27ClN4O3. The molecule has 1 amide bonds. The Balaban J connectivity index is 1.60. The van der Waals surface area contributed by atoms with E-state index in [-0.39, 0.29) is 5.91 Å². The highest BCUT2D eigenvalue weighted by molar-refractivity contribution is 6.30. The Morgan fingerprint density at radius 1 is 1.14 bits per heavy atom. The second-order valence-electron chi connectivity index (χ2n) is 5.94. The van der Waals surface area contributed by atoms with Gasteiger partial charge in [-0.25, -0.2) is 0 Å². The summed E-state index contributed by atoms with van der Waals surface area (Å²) in [6.45, 7) is 5.55. The fraction of sp³-hybridized carbons (Fsp3) is 0.400. The molecule has 0 fully saturated rings. The van der Waals surface area contributed by atoms with Gasteiger partial charge in [0, 0.05) is 43.4 Å². The van der Waals surface area contributed by atoms with Crippen LogP contribution in [0.4, 0.5) is 0 Å². The largest absolute Gasteiger partial charge is 0.467 e. The van der Waals surface area contributed by atoms with Crippen molar-refractivity contribution in [3.05, 3.63) is 59.0 Å². The Morgan fingerprint density at radius 2 is 1.93 bits per heavy atom. The van der Waals surface area contributed by atoms with Crippen LogP contribution in [0.3, 0.4) is 0 Å². The lowest BCUT2D eigenvalue weighted by molar-refractivity contribution is 0.0954. The van der Waals surface area contributed by atoms with Gasteiger partial charge < -0.3 is 25.1 Å². The van der Waals surface area contributed by atoms with Gasteiger partial charge in [-0.05, 0) is 49.7 Å². The predicted molar refractivity (Wildman–Crippen MR) is 111 cm³/mol. The van der Waals surface area contributed by atoms with E-state index >= 15 is 0 Å². The molecule has 1 aromatic heterocycles.